The van der Waals surface area contributed by atoms with E-state index in [0.29, 0.717) is 31.4 Å². The van der Waals surface area contributed by atoms with E-state index in [0.717, 1.165) is 15.6 Å². The molecule has 9 heteroatoms. The molecule has 0 unspecified atom stereocenters. The van der Waals surface area contributed by atoms with Crippen LogP contribution in [0.1, 0.15) is 51.8 Å². The molecule has 1 aliphatic heterocycles. The van der Waals surface area contributed by atoms with Crippen LogP contribution < -0.4 is 19.6 Å². The number of carbonyl (C=O) groups is 1. The van der Waals surface area contributed by atoms with Gasteiger partial charge in [0.05, 0.1) is 34.1 Å². The van der Waals surface area contributed by atoms with Crippen molar-refractivity contribution in [1.82, 2.24) is 4.57 Å². The van der Waals surface area contributed by atoms with E-state index in [2.05, 4.69) is 20.9 Å². The van der Waals surface area contributed by atoms with Gasteiger partial charge in [-0.25, -0.2) is 9.79 Å². The summed E-state index contributed by atoms with van der Waals surface area (Å²) in [5.74, 6) is 0.172. The molecule has 0 spiro atoms. The molecule has 6 nitrogen and oxygen atoms in total. The van der Waals surface area contributed by atoms with Crippen LogP contribution in [0.2, 0.25) is 5.02 Å². The van der Waals surface area contributed by atoms with Crippen molar-refractivity contribution in [2.75, 3.05) is 0 Å². The molecule has 0 radical (unpaired) electrons. The van der Waals surface area contributed by atoms with Gasteiger partial charge in [0, 0.05) is 15.1 Å². The maximum Gasteiger partial charge on any atom is 0.338 e. The third-order valence-corrected chi connectivity index (χ3v) is 7.12. The normalized spacial score (nSPS) is 15.8. The molecular formula is C27H26BrClN2O4S. The van der Waals surface area contributed by atoms with Crippen LogP contribution in [0.5, 0.6) is 5.75 Å². The van der Waals surface area contributed by atoms with Crippen molar-refractivity contribution in [3.8, 4) is 5.75 Å². The number of rotatable bonds is 6. The summed E-state index contributed by atoms with van der Waals surface area (Å²) < 4.78 is 14.4. The first-order valence-corrected chi connectivity index (χ1v) is 13.5. The SMILES string of the molecule is CC1=C(C(=O)OC(C)C)[C@@H](c2ccc(Cl)cc2)n2c(s/c(=C/c3cc(Br)ccc3OC(C)C)c2=O)=N1. The second-order valence-corrected chi connectivity index (χ2v) is 11.3. The second kappa shape index (κ2) is 10.7. The quantitative estimate of drug-likeness (QED) is 0.362. The lowest BCUT2D eigenvalue weighted by Crippen LogP contribution is -2.40. The van der Waals surface area contributed by atoms with Gasteiger partial charge in [0.15, 0.2) is 4.80 Å². The van der Waals surface area contributed by atoms with Gasteiger partial charge in [-0.1, -0.05) is 51.0 Å². The molecule has 0 amide bonds. The van der Waals surface area contributed by atoms with Crippen LogP contribution in [0, 0.1) is 0 Å². The number of aromatic nitrogens is 1. The number of fused-ring (bicyclic) bond motifs is 1. The highest BCUT2D eigenvalue weighted by atomic mass is 79.9. The minimum absolute atomic E-state index is 0.0263. The number of hydrogen-bond acceptors (Lipinski definition) is 6. The minimum atomic E-state index is -0.694. The number of halogens is 2. The summed E-state index contributed by atoms with van der Waals surface area (Å²) in [4.78, 5) is 32.1. The Morgan fingerprint density at radius 1 is 1.14 bits per heavy atom. The molecule has 1 aromatic heterocycles. The highest BCUT2D eigenvalue weighted by Gasteiger charge is 2.33. The standard InChI is InChI=1S/C27H26BrClN2O4S/c1-14(2)34-21-11-8-19(28)12-18(21)13-22-25(32)31-24(17-6-9-20(29)10-7-17)23(26(33)35-15(3)4)16(5)30-27(31)36-22/h6-15,24H,1-5H3/b22-13+/t24-/m1/s1. The molecule has 0 saturated heterocycles. The van der Waals surface area contributed by atoms with Gasteiger partial charge in [-0.05, 0) is 76.6 Å². The van der Waals surface area contributed by atoms with E-state index in [1.54, 1.807) is 43.5 Å². The van der Waals surface area contributed by atoms with E-state index < -0.39 is 12.0 Å². The zero-order chi connectivity index (χ0) is 26.1. The van der Waals surface area contributed by atoms with E-state index in [1.807, 2.05) is 44.2 Å². The van der Waals surface area contributed by atoms with Crippen LogP contribution in [0.4, 0.5) is 0 Å². The second-order valence-electron chi connectivity index (χ2n) is 8.94. The molecular weight excluding hydrogens is 564 g/mol. The van der Waals surface area contributed by atoms with Gasteiger partial charge in [0.2, 0.25) is 0 Å². The number of hydrogen-bond donors (Lipinski definition) is 0. The van der Waals surface area contributed by atoms with Gasteiger partial charge >= 0.3 is 5.97 Å². The summed E-state index contributed by atoms with van der Waals surface area (Å²) >= 11 is 10.9. The van der Waals surface area contributed by atoms with Crippen LogP contribution in [0.25, 0.3) is 6.08 Å². The number of ether oxygens (including phenoxy) is 2. The molecule has 0 bridgehead atoms. The fourth-order valence-electron chi connectivity index (χ4n) is 3.96. The van der Waals surface area contributed by atoms with Crippen molar-refractivity contribution in [1.29, 1.82) is 0 Å². The molecule has 188 valence electrons. The summed E-state index contributed by atoms with van der Waals surface area (Å²) in [6.07, 6.45) is 1.46. The maximum atomic E-state index is 13.8. The molecule has 3 aromatic rings. The number of benzene rings is 2. The van der Waals surface area contributed by atoms with E-state index >= 15 is 0 Å². The molecule has 0 saturated carbocycles. The minimum Gasteiger partial charge on any atom is -0.490 e. The maximum absolute atomic E-state index is 13.8. The molecule has 0 N–H and O–H groups in total. The number of thiazole rings is 1. The lowest BCUT2D eigenvalue weighted by atomic mass is 9.96. The lowest BCUT2D eigenvalue weighted by Gasteiger charge is -2.25. The summed E-state index contributed by atoms with van der Waals surface area (Å²) in [7, 11) is 0. The Morgan fingerprint density at radius 2 is 1.83 bits per heavy atom. The number of nitrogens with zero attached hydrogens (tertiary/aromatic N) is 2. The van der Waals surface area contributed by atoms with Crippen molar-refractivity contribution >= 4 is 50.9 Å². The van der Waals surface area contributed by atoms with Crippen molar-refractivity contribution < 1.29 is 14.3 Å². The average Bonchev–Trinajstić information content (AvgIpc) is 3.09. The highest BCUT2D eigenvalue weighted by molar-refractivity contribution is 9.10. The predicted octanol–water partition coefficient (Wildman–Crippen LogP) is 5.39. The third kappa shape index (κ3) is 5.51. The van der Waals surface area contributed by atoms with Crippen LogP contribution in [-0.2, 0) is 9.53 Å². The van der Waals surface area contributed by atoms with Crippen LogP contribution >= 0.6 is 38.9 Å². The monoisotopic (exact) mass is 588 g/mol. The Bertz CT molecular complexity index is 1520. The van der Waals surface area contributed by atoms with E-state index in [-0.39, 0.29) is 17.8 Å². The molecule has 0 aliphatic carbocycles. The lowest BCUT2D eigenvalue weighted by molar-refractivity contribution is -0.143. The molecule has 2 aromatic carbocycles. The number of allylic oxidation sites excluding steroid dienone is 1. The van der Waals surface area contributed by atoms with E-state index in [1.165, 1.54) is 11.3 Å². The van der Waals surface area contributed by atoms with Crippen molar-refractivity contribution in [3.63, 3.8) is 0 Å². The van der Waals surface area contributed by atoms with Crippen LogP contribution in [0.3, 0.4) is 0 Å². The van der Waals surface area contributed by atoms with Gasteiger partial charge in [-0.3, -0.25) is 9.36 Å². The highest BCUT2D eigenvalue weighted by Crippen LogP contribution is 2.32. The average molecular weight is 590 g/mol. The fourth-order valence-corrected chi connectivity index (χ4v) is 5.50. The summed E-state index contributed by atoms with van der Waals surface area (Å²) in [5, 5.41) is 0.561. The topological polar surface area (TPSA) is 69.9 Å². The Kier molecular flexibility index (Phi) is 7.87. The van der Waals surface area contributed by atoms with Crippen LogP contribution in [-0.4, -0.2) is 22.7 Å². The van der Waals surface area contributed by atoms with Crippen molar-refractivity contribution in [2.45, 2.75) is 52.9 Å². The predicted molar refractivity (Wildman–Crippen MR) is 146 cm³/mol. The fraction of sp³-hybridized carbons (Fsp3) is 0.296. The Labute approximate surface area is 226 Å². The molecule has 1 atom stereocenters. The van der Waals surface area contributed by atoms with Gasteiger partial charge in [0.25, 0.3) is 5.56 Å². The Balaban J connectivity index is 1.94. The van der Waals surface area contributed by atoms with E-state index in [9.17, 15) is 9.59 Å². The Morgan fingerprint density at radius 3 is 2.47 bits per heavy atom. The first-order valence-electron chi connectivity index (χ1n) is 11.5. The van der Waals surface area contributed by atoms with Gasteiger partial charge < -0.3 is 9.47 Å². The van der Waals surface area contributed by atoms with Gasteiger partial charge in [-0.2, -0.15) is 0 Å². The largest absolute Gasteiger partial charge is 0.490 e. The zero-order valence-corrected chi connectivity index (χ0v) is 23.7. The van der Waals surface area contributed by atoms with Crippen LogP contribution in [0.15, 0.2) is 68.0 Å². The van der Waals surface area contributed by atoms with E-state index in [4.69, 9.17) is 21.1 Å². The molecule has 1 aliphatic rings. The molecule has 4 rings (SSSR count). The van der Waals surface area contributed by atoms with Crippen molar-refractivity contribution in [3.05, 3.63) is 94.0 Å². The number of esters is 1. The smallest absolute Gasteiger partial charge is 0.338 e. The first kappa shape index (κ1) is 26.4. The van der Waals surface area contributed by atoms with Crippen molar-refractivity contribution in [2.24, 2.45) is 4.99 Å². The molecule has 2 heterocycles. The van der Waals surface area contributed by atoms with Gasteiger partial charge in [-0.15, -0.1) is 0 Å². The Hall–Kier alpha value is -2.68. The first-order chi connectivity index (χ1) is 17.0. The third-order valence-electron chi connectivity index (χ3n) is 5.39. The molecule has 36 heavy (non-hydrogen) atoms. The zero-order valence-electron chi connectivity index (χ0n) is 20.5. The van der Waals surface area contributed by atoms with Gasteiger partial charge in [0.1, 0.15) is 5.75 Å². The molecule has 0 fully saturated rings. The summed E-state index contributed by atoms with van der Waals surface area (Å²) in [5.41, 5.74) is 2.09. The number of carbonyl (C=O) groups excluding carboxylic acids is 1. The summed E-state index contributed by atoms with van der Waals surface area (Å²) in [6.45, 7) is 9.24. The summed E-state index contributed by atoms with van der Waals surface area (Å²) in [6, 6.07) is 12.1.